The molecule has 1 saturated carbocycles. The van der Waals surface area contributed by atoms with Gasteiger partial charge in [-0.25, -0.2) is 4.98 Å². The molecule has 8 heteroatoms. The summed E-state index contributed by atoms with van der Waals surface area (Å²) in [6, 6.07) is 0.156. The van der Waals surface area contributed by atoms with Crippen molar-refractivity contribution in [1.29, 1.82) is 0 Å². The van der Waals surface area contributed by atoms with Gasteiger partial charge in [0.15, 0.2) is 5.65 Å². The van der Waals surface area contributed by atoms with E-state index in [4.69, 9.17) is 5.73 Å². The number of pyridine rings is 1. The van der Waals surface area contributed by atoms with Crippen LogP contribution in [0.5, 0.6) is 0 Å². The summed E-state index contributed by atoms with van der Waals surface area (Å²) in [6.45, 7) is 4.38. The second-order valence-electron chi connectivity index (χ2n) is 7.13. The lowest BCUT2D eigenvalue weighted by molar-refractivity contribution is -0.121. The van der Waals surface area contributed by atoms with Gasteiger partial charge in [-0.1, -0.05) is 12.8 Å². The van der Waals surface area contributed by atoms with Crippen molar-refractivity contribution in [3.05, 3.63) is 27.2 Å². The molecule has 2 heterocycles. The zero-order valence-electron chi connectivity index (χ0n) is 15.6. The highest BCUT2D eigenvalue weighted by Gasteiger charge is 2.26. The molecule has 2 aromatic rings. The van der Waals surface area contributed by atoms with Crippen LogP contribution in [0.1, 0.15) is 42.5 Å². The number of carbonyl (C=O) groups is 1. The Kier molecular flexibility index (Phi) is 6.47. The Morgan fingerprint density at radius 3 is 2.73 bits per heavy atom. The number of nitrogens with zero attached hydrogens (tertiary/aromatic N) is 2. The number of aromatic amines is 1. The van der Waals surface area contributed by atoms with E-state index in [9.17, 15) is 9.59 Å². The summed E-state index contributed by atoms with van der Waals surface area (Å²) in [6.07, 6.45) is 4.62. The largest absolute Gasteiger partial charge is 0.353 e. The Hall–Kier alpha value is -1.86. The van der Waals surface area contributed by atoms with Gasteiger partial charge in [0.05, 0.1) is 11.8 Å². The van der Waals surface area contributed by atoms with Gasteiger partial charge in [0.25, 0.3) is 5.56 Å². The van der Waals surface area contributed by atoms with Crippen LogP contribution >= 0.6 is 12.4 Å². The SMILES string of the molecule is Cc1nc2c(c(C)c1CC(=O)NC1CCCCC1CN)c(=O)[nH]n2C.Cl. The summed E-state index contributed by atoms with van der Waals surface area (Å²) in [5.74, 6) is 0.336. The van der Waals surface area contributed by atoms with Crippen molar-refractivity contribution in [2.75, 3.05) is 6.54 Å². The molecule has 2 unspecified atom stereocenters. The molecule has 0 bridgehead atoms. The van der Waals surface area contributed by atoms with Gasteiger partial charge in [-0.15, -0.1) is 12.4 Å². The number of hydrogen-bond acceptors (Lipinski definition) is 4. The van der Waals surface area contributed by atoms with Gasteiger partial charge in [0.1, 0.15) is 0 Å². The molecule has 1 aliphatic rings. The fourth-order valence-corrected chi connectivity index (χ4v) is 4.01. The maximum absolute atomic E-state index is 12.6. The van der Waals surface area contributed by atoms with Crippen molar-refractivity contribution >= 4 is 29.3 Å². The molecule has 26 heavy (non-hydrogen) atoms. The summed E-state index contributed by atoms with van der Waals surface area (Å²) in [5.41, 5.74) is 8.76. The Morgan fingerprint density at radius 2 is 2.04 bits per heavy atom. The van der Waals surface area contributed by atoms with E-state index in [1.165, 1.54) is 6.42 Å². The van der Waals surface area contributed by atoms with Crippen LogP contribution in [0.15, 0.2) is 4.79 Å². The van der Waals surface area contributed by atoms with Crippen molar-refractivity contribution in [2.45, 2.75) is 52.0 Å². The number of carbonyl (C=O) groups excluding carboxylic acids is 1. The van der Waals surface area contributed by atoms with E-state index in [-0.39, 0.29) is 36.3 Å². The molecule has 1 amide bonds. The first kappa shape index (κ1) is 20.5. The maximum Gasteiger partial charge on any atom is 0.273 e. The van der Waals surface area contributed by atoms with Gasteiger partial charge in [-0.3, -0.25) is 19.4 Å². The van der Waals surface area contributed by atoms with Crippen molar-refractivity contribution in [3.8, 4) is 0 Å². The number of amides is 1. The monoisotopic (exact) mass is 381 g/mol. The van der Waals surface area contributed by atoms with Gasteiger partial charge in [0, 0.05) is 18.8 Å². The normalized spacial score (nSPS) is 20.0. The number of aryl methyl sites for hydroxylation is 3. The first-order valence-corrected chi connectivity index (χ1v) is 8.96. The molecule has 2 aromatic heterocycles. The molecule has 144 valence electrons. The van der Waals surface area contributed by atoms with Gasteiger partial charge >= 0.3 is 0 Å². The third-order valence-electron chi connectivity index (χ3n) is 5.47. The zero-order valence-corrected chi connectivity index (χ0v) is 16.4. The number of rotatable bonds is 4. The number of nitrogens with two attached hydrogens (primary N) is 1. The molecule has 0 aliphatic heterocycles. The number of fused-ring (bicyclic) bond motifs is 1. The van der Waals surface area contributed by atoms with Crippen LogP contribution in [0.3, 0.4) is 0 Å². The average molecular weight is 382 g/mol. The first-order valence-electron chi connectivity index (χ1n) is 8.96. The average Bonchev–Trinajstić information content (AvgIpc) is 2.86. The molecule has 4 N–H and O–H groups in total. The van der Waals surface area contributed by atoms with Crippen LogP contribution in [0.4, 0.5) is 0 Å². The number of hydrogen-bond donors (Lipinski definition) is 3. The predicted molar refractivity (Wildman–Crippen MR) is 105 cm³/mol. The minimum Gasteiger partial charge on any atom is -0.353 e. The fourth-order valence-electron chi connectivity index (χ4n) is 4.01. The highest BCUT2D eigenvalue weighted by Crippen LogP contribution is 2.24. The van der Waals surface area contributed by atoms with E-state index in [1.54, 1.807) is 11.7 Å². The van der Waals surface area contributed by atoms with Crippen LogP contribution in [-0.2, 0) is 18.3 Å². The third kappa shape index (κ3) is 3.78. The van der Waals surface area contributed by atoms with Gasteiger partial charge in [-0.05, 0) is 50.3 Å². The summed E-state index contributed by atoms with van der Waals surface area (Å²) in [7, 11) is 1.76. The van der Waals surface area contributed by atoms with E-state index < -0.39 is 0 Å². The number of halogens is 1. The third-order valence-corrected chi connectivity index (χ3v) is 5.47. The molecule has 7 nitrogen and oxygen atoms in total. The summed E-state index contributed by atoms with van der Waals surface area (Å²) < 4.78 is 1.62. The van der Waals surface area contributed by atoms with E-state index in [0.717, 1.165) is 36.1 Å². The molecular formula is C18H28ClN5O2. The van der Waals surface area contributed by atoms with Crippen LogP contribution in [-0.4, -0.2) is 33.3 Å². The van der Waals surface area contributed by atoms with Crippen molar-refractivity contribution in [2.24, 2.45) is 18.7 Å². The predicted octanol–water partition coefficient (Wildman–Crippen LogP) is 1.48. The standard InChI is InChI=1S/C18H27N5O2.ClH/c1-10-13(11(2)20-17-16(10)18(25)22-23(17)3)8-15(24)21-14-7-5-4-6-12(14)9-19;/h12,14H,4-9,19H2,1-3H3,(H,21,24)(H,22,25);1H. The van der Waals surface area contributed by atoms with Crippen molar-refractivity contribution in [3.63, 3.8) is 0 Å². The molecule has 0 aromatic carbocycles. The highest BCUT2D eigenvalue weighted by molar-refractivity contribution is 5.85. The lowest BCUT2D eigenvalue weighted by atomic mass is 9.84. The van der Waals surface area contributed by atoms with Gasteiger partial charge < -0.3 is 11.1 Å². The molecule has 0 saturated heterocycles. The Labute approximate surface area is 159 Å². The Bertz CT molecular complexity index is 857. The first-order chi connectivity index (χ1) is 11.9. The topological polar surface area (TPSA) is 106 Å². The highest BCUT2D eigenvalue weighted by atomic mass is 35.5. The van der Waals surface area contributed by atoms with Crippen LogP contribution in [0, 0.1) is 19.8 Å². The van der Waals surface area contributed by atoms with E-state index in [1.807, 2.05) is 13.8 Å². The summed E-state index contributed by atoms with van der Waals surface area (Å²) in [4.78, 5) is 29.3. The second kappa shape index (κ2) is 8.22. The van der Waals surface area contributed by atoms with Crippen LogP contribution in [0.2, 0.25) is 0 Å². The van der Waals surface area contributed by atoms with Gasteiger partial charge in [-0.2, -0.15) is 0 Å². The van der Waals surface area contributed by atoms with Crippen molar-refractivity contribution in [1.82, 2.24) is 20.1 Å². The lowest BCUT2D eigenvalue weighted by Gasteiger charge is -2.31. The quantitative estimate of drug-likeness (QED) is 0.745. The maximum atomic E-state index is 12.6. The smallest absolute Gasteiger partial charge is 0.273 e. The Balaban J connectivity index is 0.00000243. The number of nitrogens with one attached hydrogen (secondary N) is 2. The van der Waals surface area contributed by atoms with Crippen LogP contribution in [0.25, 0.3) is 11.0 Å². The molecule has 1 aliphatic carbocycles. The van der Waals surface area contributed by atoms with Gasteiger partial charge in [0.2, 0.25) is 5.91 Å². The lowest BCUT2D eigenvalue weighted by Crippen LogP contribution is -2.45. The van der Waals surface area contributed by atoms with Crippen molar-refractivity contribution < 1.29 is 4.79 Å². The molecular weight excluding hydrogens is 354 g/mol. The number of H-pyrrole nitrogens is 1. The summed E-state index contributed by atoms with van der Waals surface area (Å²) in [5, 5.41) is 6.44. The van der Waals surface area contributed by atoms with E-state index in [2.05, 4.69) is 15.4 Å². The Morgan fingerprint density at radius 1 is 1.35 bits per heavy atom. The molecule has 2 atom stereocenters. The fraction of sp³-hybridized carbons (Fsp3) is 0.611. The van der Waals surface area contributed by atoms with E-state index >= 15 is 0 Å². The minimum atomic E-state index is -0.167. The molecule has 0 spiro atoms. The molecule has 0 radical (unpaired) electrons. The van der Waals surface area contributed by atoms with E-state index in [0.29, 0.717) is 23.5 Å². The minimum absolute atomic E-state index is 0. The number of aromatic nitrogens is 3. The molecule has 3 rings (SSSR count). The molecule has 1 fully saturated rings. The van der Waals surface area contributed by atoms with Crippen LogP contribution < -0.4 is 16.6 Å². The summed E-state index contributed by atoms with van der Waals surface area (Å²) >= 11 is 0. The second-order valence-corrected chi connectivity index (χ2v) is 7.13. The zero-order chi connectivity index (χ0) is 18.1.